The minimum absolute atomic E-state index is 0.102. The second-order valence-corrected chi connectivity index (χ2v) is 10.5. The van der Waals surface area contributed by atoms with E-state index in [0.717, 1.165) is 10.0 Å². The number of hydrogen-bond donors (Lipinski definition) is 1. The van der Waals surface area contributed by atoms with E-state index >= 15 is 0 Å². The zero-order valence-corrected chi connectivity index (χ0v) is 19.7. The summed E-state index contributed by atoms with van der Waals surface area (Å²) >= 11 is 3.41. The van der Waals surface area contributed by atoms with Gasteiger partial charge in [-0.25, -0.2) is 18.4 Å². The molecule has 1 aromatic carbocycles. The van der Waals surface area contributed by atoms with Crippen molar-refractivity contribution in [3.8, 4) is 5.75 Å². The summed E-state index contributed by atoms with van der Waals surface area (Å²) in [6.45, 7) is 4.92. The average molecular weight is 499 g/mol. The number of ether oxygens (including phenoxy) is 1. The molecule has 8 nitrogen and oxygen atoms in total. The van der Waals surface area contributed by atoms with E-state index in [-0.39, 0.29) is 30.1 Å². The summed E-state index contributed by atoms with van der Waals surface area (Å²) in [5.74, 6) is 0.211. The monoisotopic (exact) mass is 498 g/mol. The van der Waals surface area contributed by atoms with Gasteiger partial charge in [-0.05, 0) is 32.2 Å². The number of nitrogens with zero attached hydrogens (tertiary/aromatic N) is 4. The first-order chi connectivity index (χ1) is 14.2. The SMILES string of the molecule is C[C@@H]1CN([C@@H](C)CO)S(=O)(=O)c2ccc(Br)cc2O[C@H]1CN(C)Cc1cncnc1. The van der Waals surface area contributed by atoms with Crippen molar-refractivity contribution < 1.29 is 18.3 Å². The van der Waals surface area contributed by atoms with E-state index < -0.39 is 16.1 Å². The largest absolute Gasteiger partial charge is 0.487 e. The maximum atomic E-state index is 13.3. The predicted molar refractivity (Wildman–Crippen MR) is 117 cm³/mol. The lowest BCUT2D eigenvalue weighted by Crippen LogP contribution is -2.49. The maximum Gasteiger partial charge on any atom is 0.247 e. The topological polar surface area (TPSA) is 95.9 Å². The smallest absolute Gasteiger partial charge is 0.247 e. The summed E-state index contributed by atoms with van der Waals surface area (Å²) in [5.41, 5.74) is 0.986. The Kier molecular flexibility index (Phi) is 7.46. The van der Waals surface area contributed by atoms with Gasteiger partial charge in [0.1, 0.15) is 23.1 Å². The van der Waals surface area contributed by atoms with Crippen LogP contribution >= 0.6 is 15.9 Å². The van der Waals surface area contributed by atoms with Gasteiger partial charge in [0.25, 0.3) is 0 Å². The van der Waals surface area contributed by atoms with Crippen molar-refractivity contribution in [3.63, 3.8) is 0 Å². The quantitative estimate of drug-likeness (QED) is 0.651. The molecule has 2 heterocycles. The van der Waals surface area contributed by atoms with Crippen molar-refractivity contribution in [1.29, 1.82) is 0 Å². The number of aliphatic hydroxyl groups is 1. The van der Waals surface area contributed by atoms with Crippen LogP contribution in [0.5, 0.6) is 5.75 Å². The maximum absolute atomic E-state index is 13.3. The molecule has 0 fully saturated rings. The minimum atomic E-state index is -3.81. The van der Waals surface area contributed by atoms with Gasteiger partial charge in [-0.1, -0.05) is 22.9 Å². The van der Waals surface area contributed by atoms with Crippen molar-refractivity contribution in [2.75, 3.05) is 26.7 Å². The lowest BCUT2D eigenvalue weighted by atomic mass is 10.0. The summed E-state index contributed by atoms with van der Waals surface area (Å²) in [7, 11) is -1.83. The van der Waals surface area contributed by atoms with Gasteiger partial charge in [-0.3, -0.25) is 4.90 Å². The molecular weight excluding hydrogens is 472 g/mol. The van der Waals surface area contributed by atoms with Crippen LogP contribution in [0.2, 0.25) is 0 Å². The van der Waals surface area contributed by atoms with Gasteiger partial charge in [0, 0.05) is 54.0 Å². The molecule has 164 valence electrons. The van der Waals surface area contributed by atoms with Gasteiger partial charge in [0.05, 0.1) is 6.61 Å². The van der Waals surface area contributed by atoms with Gasteiger partial charge >= 0.3 is 0 Å². The number of halogens is 1. The summed E-state index contributed by atoms with van der Waals surface area (Å²) < 4.78 is 35.0. The van der Waals surface area contributed by atoms with Gasteiger partial charge in [0.15, 0.2) is 0 Å². The zero-order valence-electron chi connectivity index (χ0n) is 17.3. The molecule has 0 radical (unpaired) electrons. The lowest BCUT2D eigenvalue weighted by molar-refractivity contribution is 0.0732. The number of aliphatic hydroxyl groups excluding tert-OH is 1. The molecule has 1 aromatic heterocycles. The molecule has 1 aliphatic heterocycles. The van der Waals surface area contributed by atoms with Crippen molar-refractivity contribution in [1.82, 2.24) is 19.2 Å². The number of likely N-dealkylation sites (N-methyl/N-ethyl adjacent to an activating group) is 1. The fourth-order valence-corrected chi connectivity index (χ4v) is 5.68. The number of sulfonamides is 1. The predicted octanol–water partition coefficient (Wildman–Crippen LogP) is 2.14. The third-order valence-electron chi connectivity index (χ3n) is 5.19. The Bertz CT molecular complexity index is 961. The van der Waals surface area contributed by atoms with Gasteiger partial charge in [-0.15, -0.1) is 0 Å². The molecule has 0 unspecified atom stereocenters. The molecule has 0 spiro atoms. The number of hydrogen-bond acceptors (Lipinski definition) is 7. The average Bonchev–Trinajstić information content (AvgIpc) is 2.70. The Morgan fingerprint density at radius 3 is 2.73 bits per heavy atom. The molecule has 3 atom stereocenters. The highest BCUT2D eigenvalue weighted by atomic mass is 79.9. The molecule has 1 N–H and O–H groups in total. The molecule has 30 heavy (non-hydrogen) atoms. The Hall–Kier alpha value is -1.59. The summed E-state index contributed by atoms with van der Waals surface area (Å²) in [6.07, 6.45) is 4.79. The second kappa shape index (κ2) is 9.69. The van der Waals surface area contributed by atoms with Crippen LogP contribution in [0.4, 0.5) is 0 Å². The van der Waals surface area contributed by atoms with Crippen molar-refractivity contribution in [3.05, 3.63) is 47.0 Å². The summed E-state index contributed by atoms with van der Waals surface area (Å²) in [5, 5.41) is 9.67. The Labute approximate surface area is 186 Å². The molecular formula is C20H27BrN4O4S. The van der Waals surface area contributed by atoms with Crippen LogP contribution in [0.3, 0.4) is 0 Å². The van der Waals surface area contributed by atoms with E-state index in [9.17, 15) is 13.5 Å². The molecule has 0 bridgehead atoms. The highest BCUT2D eigenvalue weighted by molar-refractivity contribution is 9.10. The molecule has 1 aliphatic rings. The van der Waals surface area contributed by atoms with E-state index in [0.29, 0.717) is 18.8 Å². The number of aromatic nitrogens is 2. The van der Waals surface area contributed by atoms with Gasteiger partial charge < -0.3 is 9.84 Å². The highest BCUT2D eigenvalue weighted by Gasteiger charge is 2.38. The van der Waals surface area contributed by atoms with Crippen LogP contribution in [0.1, 0.15) is 19.4 Å². The van der Waals surface area contributed by atoms with Crippen LogP contribution in [0.15, 0.2) is 46.3 Å². The van der Waals surface area contributed by atoms with Crippen LogP contribution in [0, 0.1) is 5.92 Å². The van der Waals surface area contributed by atoms with Crippen molar-refractivity contribution in [2.24, 2.45) is 5.92 Å². The third kappa shape index (κ3) is 5.17. The number of rotatable bonds is 6. The molecule has 0 saturated heterocycles. The fraction of sp³-hybridized carbons (Fsp3) is 0.500. The Morgan fingerprint density at radius 2 is 2.07 bits per heavy atom. The Morgan fingerprint density at radius 1 is 1.37 bits per heavy atom. The van der Waals surface area contributed by atoms with Crippen LogP contribution in [-0.4, -0.2) is 71.6 Å². The van der Waals surface area contributed by atoms with Crippen LogP contribution in [-0.2, 0) is 16.6 Å². The fourth-order valence-electron chi connectivity index (χ4n) is 3.51. The minimum Gasteiger partial charge on any atom is -0.487 e. The molecule has 10 heteroatoms. The van der Waals surface area contributed by atoms with E-state index in [1.807, 2.05) is 14.0 Å². The van der Waals surface area contributed by atoms with Gasteiger partial charge in [0.2, 0.25) is 10.0 Å². The molecule has 2 aromatic rings. The van der Waals surface area contributed by atoms with Crippen LogP contribution in [0.25, 0.3) is 0 Å². The van der Waals surface area contributed by atoms with E-state index in [2.05, 4.69) is 30.8 Å². The Balaban J connectivity index is 1.92. The summed E-state index contributed by atoms with van der Waals surface area (Å²) in [4.78, 5) is 10.3. The lowest BCUT2D eigenvalue weighted by Gasteiger charge is -2.37. The van der Waals surface area contributed by atoms with Crippen LogP contribution < -0.4 is 4.74 Å². The molecule has 0 amide bonds. The summed E-state index contributed by atoms with van der Waals surface area (Å²) in [6, 6.07) is 4.38. The zero-order chi connectivity index (χ0) is 21.9. The highest BCUT2D eigenvalue weighted by Crippen LogP contribution is 2.35. The van der Waals surface area contributed by atoms with Gasteiger partial charge in [-0.2, -0.15) is 4.31 Å². The van der Waals surface area contributed by atoms with Crippen molar-refractivity contribution >= 4 is 26.0 Å². The first-order valence-electron chi connectivity index (χ1n) is 9.73. The molecule has 3 rings (SSSR count). The number of benzene rings is 1. The first-order valence-corrected chi connectivity index (χ1v) is 12.0. The van der Waals surface area contributed by atoms with E-state index in [1.54, 1.807) is 37.5 Å². The standard InChI is InChI=1S/C20H27BrN4O4S/c1-14-9-25(15(2)12-26)30(27,28)20-5-4-17(21)6-18(20)29-19(14)11-24(3)10-16-7-22-13-23-8-16/h4-8,13-15,19,26H,9-12H2,1-3H3/t14-,15+,19+/m1/s1. The first kappa shape index (κ1) is 23.1. The van der Waals surface area contributed by atoms with Crippen molar-refractivity contribution in [2.45, 2.75) is 37.4 Å². The van der Waals surface area contributed by atoms with E-state index in [4.69, 9.17) is 4.74 Å². The second-order valence-electron chi connectivity index (χ2n) is 7.77. The third-order valence-corrected chi connectivity index (χ3v) is 7.70. The molecule has 0 saturated carbocycles. The normalized spacial score (nSPS) is 22.6. The van der Waals surface area contributed by atoms with E-state index in [1.165, 1.54) is 10.6 Å². The number of fused-ring (bicyclic) bond motifs is 1. The molecule has 0 aliphatic carbocycles.